The van der Waals surface area contributed by atoms with Crippen LogP contribution in [0.15, 0.2) is 22.7 Å². The van der Waals surface area contributed by atoms with Crippen LogP contribution in [0.3, 0.4) is 0 Å². The highest BCUT2D eigenvalue weighted by Crippen LogP contribution is 2.24. The van der Waals surface area contributed by atoms with Gasteiger partial charge in [-0.25, -0.2) is 0 Å². The maximum absolute atomic E-state index is 11.5. The smallest absolute Gasteiger partial charge is 0.252 e. The van der Waals surface area contributed by atoms with Gasteiger partial charge in [0.15, 0.2) is 0 Å². The maximum Gasteiger partial charge on any atom is 0.252 e. The van der Waals surface area contributed by atoms with E-state index in [4.69, 9.17) is 5.26 Å². The summed E-state index contributed by atoms with van der Waals surface area (Å²) < 4.78 is 0.521. The monoisotopic (exact) mass is 268 g/mol. The van der Waals surface area contributed by atoms with Gasteiger partial charge in [0.05, 0.1) is 10.5 Å². The molecule has 1 aromatic carbocycles. The van der Waals surface area contributed by atoms with Crippen LogP contribution in [0, 0.1) is 11.3 Å². The summed E-state index contributed by atoms with van der Waals surface area (Å²) in [4.78, 5) is 11.5. The minimum Gasteiger partial charge on any atom is -0.507 e. The lowest BCUT2D eigenvalue weighted by molar-refractivity contribution is 0.0947. The van der Waals surface area contributed by atoms with Crippen LogP contribution in [0.1, 0.15) is 17.3 Å². The molecule has 0 aliphatic rings. The number of phenols is 1. The van der Waals surface area contributed by atoms with E-state index in [0.717, 1.165) is 0 Å². The largest absolute Gasteiger partial charge is 0.507 e. The highest BCUT2D eigenvalue weighted by atomic mass is 79.9. The van der Waals surface area contributed by atoms with Crippen LogP contribution < -0.4 is 5.32 Å². The summed E-state index contributed by atoms with van der Waals surface area (Å²) >= 11 is 3.11. The van der Waals surface area contributed by atoms with Crippen LogP contribution in [0.5, 0.6) is 5.75 Å². The van der Waals surface area contributed by atoms with Crippen LogP contribution in [0.4, 0.5) is 0 Å². The summed E-state index contributed by atoms with van der Waals surface area (Å²) in [6.45, 7) is 1.58. The molecule has 15 heavy (non-hydrogen) atoms. The van der Waals surface area contributed by atoms with E-state index in [1.165, 1.54) is 6.07 Å². The molecule has 4 nitrogen and oxygen atoms in total. The Morgan fingerprint density at radius 3 is 2.87 bits per heavy atom. The zero-order valence-corrected chi connectivity index (χ0v) is 9.58. The third-order valence-electron chi connectivity index (χ3n) is 1.75. The molecule has 0 fully saturated rings. The van der Waals surface area contributed by atoms with E-state index in [1.807, 2.05) is 6.07 Å². The van der Waals surface area contributed by atoms with Crippen LogP contribution in [-0.4, -0.2) is 17.1 Å². The fourth-order valence-electron chi connectivity index (χ4n) is 0.966. The van der Waals surface area contributed by atoms with Crippen molar-refractivity contribution in [1.29, 1.82) is 5.26 Å². The number of hydrogen-bond acceptors (Lipinski definition) is 3. The molecule has 1 rings (SSSR count). The fourth-order valence-corrected chi connectivity index (χ4v) is 1.21. The van der Waals surface area contributed by atoms with Crippen LogP contribution in [-0.2, 0) is 0 Å². The molecule has 0 aromatic heterocycles. The number of phenolic OH excluding ortho intramolecular Hbond substituents is 1. The Morgan fingerprint density at radius 2 is 2.33 bits per heavy atom. The fraction of sp³-hybridized carbons (Fsp3) is 0.200. The predicted octanol–water partition coefficient (Wildman–Crippen LogP) is 1.80. The number of nitrogens with one attached hydrogen (secondary N) is 1. The van der Waals surface area contributed by atoms with Gasteiger partial charge >= 0.3 is 0 Å². The molecule has 5 heteroatoms. The van der Waals surface area contributed by atoms with E-state index in [2.05, 4.69) is 21.2 Å². The Hall–Kier alpha value is -1.54. The van der Waals surface area contributed by atoms with Gasteiger partial charge < -0.3 is 10.4 Å². The SMILES string of the molecule is CC(C#N)NC(=O)c1ccc(Br)c(O)c1. The Balaban J connectivity index is 2.84. The van der Waals surface area contributed by atoms with Gasteiger partial charge in [-0.2, -0.15) is 5.26 Å². The molecule has 1 atom stereocenters. The van der Waals surface area contributed by atoms with E-state index in [-0.39, 0.29) is 11.7 Å². The number of halogens is 1. The first-order valence-electron chi connectivity index (χ1n) is 4.23. The third-order valence-corrected chi connectivity index (χ3v) is 2.42. The maximum atomic E-state index is 11.5. The zero-order valence-electron chi connectivity index (χ0n) is 7.99. The number of nitrogens with zero attached hydrogens (tertiary/aromatic N) is 1. The summed E-state index contributed by atoms with van der Waals surface area (Å²) in [7, 11) is 0. The van der Waals surface area contributed by atoms with Crippen molar-refractivity contribution in [2.24, 2.45) is 0 Å². The summed E-state index contributed by atoms with van der Waals surface area (Å²) in [6, 6.07) is 5.80. The third kappa shape index (κ3) is 2.96. The summed E-state index contributed by atoms with van der Waals surface area (Å²) in [5.74, 6) is -0.390. The summed E-state index contributed by atoms with van der Waals surface area (Å²) in [6.07, 6.45) is 0. The van der Waals surface area contributed by atoms with Crippen molar-refractivity contribution < 1.29 is 9.90 Å². The lowest BCUT2D eigenvalue weighted by Crippen LogP contribution is -2.31. The van der Waals surface area contributed by atoms with Gasteiger partial charge in [-0.3, -0.25) is 4.79 Å². The highest BCUT2D eigenvalue weighted by molar-refractivity contribution is 9.10. The zero-order chi connectivity index (χ0) is 11.4. The van der Waals surface area contributed by atoms with Gasteiger partial charge in [-0.05, 0) is 41.1 Å². The second-order valence-electron chi connectivity index (χ2n) is 2.99. The van der Waals surface area contributed by atoms with Gasteiger partial charge in [-0.1, -0.05) is 0 Å². The minimum absolute atomic E-state index is 0.00717. The quantitative estimate of drug-likeness (QED) is 0.859. The number of amides is 1. The molecule has 0 heterocycles. The minimum atomic E-state index is -0.553. The molecule has 2 N–H and O–H groups in total. The Morgan fingerprint density at radius 1 is 1.67 bits per heavy atom. The lowest BCUT2D eigenvalue weighted by atomic mass is 10.2. The molecule has 1 unspecified atom stereocenters. The van der Waals surface area contributed by atoms with Crippen LogP contribution in [0.25, 0.3) is 0 Å². The van der Waals surface area contributed by atoms with Crippen molar-refractivity contribution in [2.45, 2.75) is 13.0 Å². The van der Waals surface area contributed by atoms with E-state index < -0.39 is 6.04 Å². The molecule has 0 saturated carbocycles. The van der Waals surface area contributed by atoms with Gasteiger partial charge in [-0.15, -0.1) is 0 Å². The number of hydrogen-bond donors (Lipinski definition) is 2. The first-order valence-corrected chi connectivity index (χ1v) is 5.03. The standard InChI is InChI=1S/C10H9BrN2O2/c1-6(5-12)13-10(15)7-2-3-8(11)9(14)4-7/h2-4,6,14H,1H3,(H,13,15). The average Bonchev–Trinajstić information content (AvgIpc) is 2.21. The molecule has 0 spiro atoms. The van der Waals surface area contributed by atoms with Gasteiger partial charge in [0.1, 0.15) is 11.8 Å². The molecule has 0 aliphatic carbocycles. The molecule has 0 saturated heterocycles. The second-order valence-corrected chi connectivity index (χ2v) is 3.84. The molecular weight excluding hydrogens is 260 g/mol. The van der Waals surface area contributed by atoms with Crippen molar-refractivity contribution in [3.8, 4) is 11.8 Å². The number of aromatic hydroxyl groups is 1. The summed E-state index contributed by atoms with van der Waals surface area (Å²) in [5.41, 5.74) is 0.317. The Kier molecular flexibility index (Phi) is 3.69. The Labute approximate surface area is 95.7 Å². The highest BCUT2D eigenvalue weighted by Gasteiger charge is 2.10. The number of rotatable bonds is 2. The topological polar surface area (TPSA) is 73.1 Å². The Bertz CT molecular complexity index is 426. The van der Waals surface area contributed by atoms with Crippen LogP contribution in [0.2, 0.25) is 0 Å². The van der Waals surface area contributed by atoms with E-state index in [0.29, 0.717) is 10.0 Å². The number of carbonyl (C=O) groups excluding carboxylic acids is 1. The van der Waals surface area contributed by atoms with Crippen molar-refractivity contribution in [1.82, 2.24) is 5.32 Å². The predicted molar refractivity (Wildman–Crippen MR) is 58.3 cm³/mol. The molecule has 0 aliphatic heterocycles. The van der Waals surface area contributed by atoms with Gasteiger partial charge in [0, 0.05) is 5.56 Å². The summed E-state index contributed by atoms with van der Waals surface area (Å²) in [5, 5.41) is 20.3. The molecule has 1 amide bonds. The number of nitriles is 1. The van der Waals surface area contributed by atoms with Crippen molar-refractivity contribution in [3.05, 3.63) is 28.2 Å². The van der Waals surface area contributed by atoms with Gasteiger partial charge in [0.25, 0.3) is 5.91 Å². The average molecular weight is 269 g/mol. The number of benzene rings is 1. The van der Waals surface area contributed by atoms with Crippen molar-refractivity contribution >= 4 is 21.8 Å². The van der Waals surface area contributed by atoms with E-state index >= 15 is 0 Å². The van der Waals surface area contributed by atoms with Crippen LogP contribution >= 0.6 is 15.9 Å². The molecule has 78 valence electrons. The first kappa shape index (κ1) is 11.5. The lowest BCUT2D eigenvalue weighted by Gasteiger charge is -2.06. The van der Waals surface area contributed by atoms with Crippen molar-refractivity contribution in [3.63, 3.8) is 0 Å². The molecule has 1 aromatic rings. The first-order chi connectivity index (χ1) is 7.04. The van der Waals surface area contributed by atoms with Gasteiger partial charge in [0.2, 0.25) is 0 Å². The number of carbonyl (C=O) groups is 1. The van der Waals surface area contributed by atoms with E-state index in [9.17, 15) is 9.90 Å². The van der Waals surface area contributed by atoms with E-state index in [1.54, 1.807) is 19.1 Å². The second kappa shape index (κ2) is 4.80. The van der Waals surface area contributed by atoms with Crippen molar-refractivity contribution in [2.75, 3.05) is 0 Å². The molecule has 0 radical (unpaired) electrons. The normalized spacial score (nSPS) is 11.5. The molecular formula is C10H9BrN2O2. The molecule has 0 bridgehead atoms.